The maximum atomic E-state index is 12.1. The summed E-state index contributed by atoms with van der Waals surface area (Å²) in [4.78, 5) is 0. The number of fused-ring (bicyclic) bond motifs is 5. The lowest BCUT2D eigenvalue weighted by Crippen LogP contribution is -2.61. The summed E-state index contributed by atoms with van der Waals surface area (Å²) in [5, 5.41) is 42.3. The van der Waals surface area contributed by atoms with Crippen molar-refractivity contribution in [2.75, 3.05) is 6.61 Å². The van der Waals surface area contributed by atoms with Crippen LogP contribution in [-0.2, 0) is 9.47 Å². The van der Waals surface area contributed by atoms with Crippen LogP contribution in [0.15, 0.2) is 23.8 Å². The molecule has 0 bridgehead atoms. The summed E-state index contributed by atoms with van der Waals surface area (Å²) >= 11 is 0. The fraction of sp³-hybridized carbons (Fsp3) is 0.879. The molecule has 1 saturated heterocycles. The maximum absolute atomic E-state index is 12.1. The average molecular weight is 547 g/mol. The standard InChI is InChI=1S/C33H54O6/c1-19(2)20(3)7-8-21(4)24-9-10-25-23-12-16-33(37)17-22(39-30-29(36)28(35)27(34)18-38-30)11-15-32(33,6)26(23)13-14-31(24,25)5/h7-8,12,19-22,24-30,34-37H,9-11,13-18H2,1-6H3. The summed E-state index contributed by atoms with van der Waals surface area (Å²) in [6.07, 6.45) is 10.1. The zero-order valence-electron chi connectivity index (χ0n) is 25.1. The van der Waals surface area contributed by atoms with E-state index in [2.05, 4.69) is 59.8 Å². The van der Waals surface area contributed by atoms with Crippen molar-refractivity contribution in [3.05, 3.63) is 23.8 Å². The third kappa shape index (κ3) is 4.99. The van der Waals surface area contributed by atoms with Crippen LogP contribution in [-0.4, -0.2) is 63.3 Å². The highest BCUT2D eigenvalue weighted by Gasteiger charge is 2.62. The van der Waals surface area contributed by atoms with Gasteiger partial charge in [0.1, 0.15) is 18.3 Å². The fourth-order valence-corrected chi connectivity index (χ4v) is 9.29. The minimum atomic E-state index is -1.30. The number of allylic oxidation sites excluding steroid dienone is 3. The lowest BCUT2D eigenvalue weighted by molar-refractivity contribution is -0.295. The Morgan fingerprint density at radius 1 is 0.949 bits per heavy atom. The van der Waals surface area contributed by atoms with Gasteiger partial charge in [0.2, 0.25) is 0 Å². The summed E-state index contributed by atoms with van der Waals surface area (Å²) in [5.74, 6) is 3.56. The van der Waals surface area contributed by atoms with Crippen molar-refractivity contribution in [2.45, 2.75) is 129 Å². The second-order valence-corrected chi connectivity index (χ2v) is 14.8. The molecule has 4 fully saturated rings. The molecule has 0 spiro atoms. The SMILES string of the molecule is CC(C)C(C)C=CC(C)C1CCC2C3=CCC4(O)CC(OC5OCC(O)C(O)C5O)CCC4(C)C3CCC21C. The van der Waals surface area contributed by atoms with E-state index in [1.807, 2.05) is 0 Å². The zero-order chi connectivity index (χ0) is 28.3. The molecule has 0 amide bonds. The van der Waals surface area contributed by atoms with E-state index in [1.165, 1.54) is 19.3 Å². The molecule has 0 aromatic carbocycles. The molecule has 4 N–H and O–H groups in total. The molecule has 5 rings (SSSR count). The van der Waals surface area contributed by atoms with Crippen LogP contribution in [0.4, 0.5) is 0 Å². The molecule has 222 valence electrons. The summed E-state index contributed by atoms with van der Waals surface area (Å²) in [5.41, 5.74) is 0.874. The molecule has 6 heteroatoms. The molecule has 6 nitrogen and oxygen atoms in total. The number of aliphatic hydroxyl groups is 4. The van der Waals surface area contributed by atoms with E-state index >= 15 is 0 Å². The van der Waals surface area contributed by atoms with Gasteiger partial charge in [-0.1, -0.05) is 65.3 Å². The smallest absolute Gasteiger partial charge is 0.186 e. The molecule has 13 unspecified atom stereocenters. The van der Waals surface area contributed by atoms with Crippen LogP contribution in [0, 0.1) is 46.3 Å². The third-order valence-electron chi connectivity index (χ3n) is 12.4. The molecular weight excluding hydrogens is 492 g/mol. The Morgan fingerprint density at radius 3 is 2.41 bits per heavy atom. The molecule has 0 aromatic rings. The van der Waals surface area contributed by atoms with E-state index in [0.717, 1.165) is 19.3 Å². The van der Waals surface area contributed by atoms with Gasteiger partial charge in [0, 0.05) is 11.8 Å². The minimum absolute atomic E-state index is 0.0714. The average Bonchev–Trinajstić information content (AvgIpc) is 3.25. The molecule has 0 radical (unpaired) electrons. The van der Waals surface area contributed by atoms with Gasteiger partial charge in [-0.15, -0.1) is 0 Å². The van der Waals surface area contributed by atoms with Gasteiger partial charge in [0.25, 0.3) is 0 Å². The minimum Gasteiger partial charge on any atom is -0.389 e. The molecular formula is C33H54O6. The normalized spacial score (nSPS) is 49.8. The van der Waals surface area contributed by atoms with Crippen LogP contribution < -0.4 is 0 Å². The summed E-state index contributed by atoms with van der Waals surface area (Å²) in [7, 11) is 0. The topological polar surface area (TPSA) is 99.4 Å². The first kappa shape index (κ1) is 29.7. The van der Waals surface area contributed by atoms with Crippen molar-refractivity contribution in [1.82, 2.24) is 0 Å². The Kier molecular flexibility index (Phi) is 8.24. The molecule has 4 aliphatic carbocycles. The van der Waals surface area contributed by atoms with Gasteiger partial charge in [-0.3, -0.25) is 0 Å². The summed E-state index contributed by atoms with van der Waals surface area (Å²) < 4.78 is 11.6. The van der Waals surface area contributed by atoms with Gasteiger partial charge in [0.15, 0.2) is 6.29 Å². The maximum Gasteiger partial charge on any atom is 0.186 e. The van der Waals surface area contributed by atoms with E-state index in [-0.39, 0.29) is 18.1 Å². The summed E-state index contributed by atoms with van der Waals surface area (Å²) in [6, 6.07) is 0. The van der Waals surface area contributed by atoms with E-state index in [0.29, 0.717) is 53.8 Å². The quantitative estimate of drug-likeness (QED) is 0.351. The van der Waals surface area contributed by atoms with Crippen LogP contribution in [0.2, 0.25) is 0 Å². The van der Waals surface area contributed by atoms with Gasteiger partial charge in [-0.05, 0) is 85.9 Å². The first-order valence-corrected chi connectivity index (χ1v) is 15.7. The Balaban J connectivity index is 1.30. The molecule has 1 aliphatic heterocycles. The predicted molar refractivity (Wildman–Crippen MR) is 152 cm³/mol. The predicted octanol–water partition coefficient (Wildman–Crippen LogP) is 4.99. The first-order valence-electron chi connectivity index (χ1n) is 15.7. The number of hydrogen-bond donors (Lipinski definition) is 4. The van der Waals surface area contributed by atoms with E-state index in [9.17, 15) is 20.4 Å². The summed E-state index contributed by atoms with van der Waals surface area (Å²) in [6.45, 7) is 14.1. The second-order valence-electron chi connectivity index (χ2n) is 14.8. The van der Waals surface area contributed by atoms with E-state index in [4.69, 9.17) is 9.47 Å². The van der Waals surface area contributed by atoms with Gasteiger partial charge < -0.3 is 29.9 Å². The first-order chi connectivity index (χ1) is 18.3. The number of aliphatic hydroxyl groups excluding tert-OH is 3. The fourth-order valence-electron chi connectivity index (χ4n) is 9.29. The van der Waals surface area contributed by atoms with Crippen molar-refractivity contribution in [3.8, 4) is 0 Å². The Hall–Kier alpha value is -0.760. The highest BCUT2D eigenvalue weighted by molar-refractivity contribution is 5.31. The third-order valence-corrected chi connectivity index (χ3v) is 12.4. The number of hydrogen-bond acceptors (Lipinski definition) is 6. The van der Waals surface area contributed by atoms with Crippen LogP contribution in [0.1, 0.15) is 92.9 Å². The van der Waals surface area contributed by atoms with Crippen molar-refractivity contribution >= 4 is 0 Å². The Bertz CT molecular complexity index is 946. The zero-order valence-corrected chi connectivity index (χ0v) is 25.1. The Labute approximate surface area is 235 Å². The second kappa shape index (κ2) is 10.8. The number of rotatable bonds is 6. The van der Waals surface area contributed by atoms with Crippen molar-refractivity contribution in [1.29, 1.82) is 0 Å². The van der Waals surface area contributed by atoms with Crippen molar-refractivity contribution in [3.63, 3.8) is 0 Å². The highest BCUT2D eigenvalue weighted by atomic mass is 16.7. The van der Waals surface area contributed by atoms with Crippen LogP contribution in [0.25, 0.3) is 0 Å². The molecule has 39 heavy (non-hydrogen) atoms. The highest BCUT2D eigenvalue weighted by Crippen LogP contribution is 2.67. The van der Waals surface area contributed by atoms with Crippen LogP contribution >= 0.6 is 0 Å². The molecule has 3 saturated carbocycles. The lowest BCUT2D eigenvalue weighted by atomic mass is 9.46. The lowest BCUT2D eigenvalue weighted by Gasteiger charge is -2.61. The van der Waals surface area contributed by atoms with Crippen LogP contribution in [0.3, 0.4) is 0 Å². The van der Waals surface area contributed by atoms with Crippen molar-refractivity contribution < 1.29 is 29.9 Å². The van der Waals surface area contributed by atoms with Gasteiger partial charge in [-0.25, -0.2) is 0 Å². The molecule has 13 atom stereocenters. The van der Waals surface area contributed by atoms with Crippen molar-refractivity contribution in [2.24, 2.45) is 46.3 Å². The largest absolute Gasteiger partial charge is 0.389 e. The monoisotopic (exact) mass is 546 g/mol. The molecule has 5 aliphatic rings. The molecule has 0 aromatic heterocycles. The Morgan fingerprint density at radius 2 is 1.69 bits per heavy atom. The number of ether oxygens (including phenoxy) is 2. The van der Waals surface area contributed by atoms with Crippen LogP contribution in [0.5, 0.6) is 0 Å². The van der Waals surface area contributed by atoms with Gasteiger partial charge >= 0.3 is 0 Å². The van der Waals surface area contributed by atoms with E-state index in [1.54, 1.807) is 5.57 Å². The van der Waals surface area contributed by atoms with Gasteiger partial charge in [0.05, 0.1) is 18.3 Å². The van der Waals surface area contributed by atoms with E-state index < -0.39 is 30.2 Å². The molecule has 1 heterocycles. The van der Waals surface area contributed by atoms with Gasteiger partial charge in [-0.2, -0.15) is 0 Å².